The fraction of sp³-hybridized carbons (Fsp3) is 0.237. The molecule has 220 valence electrons. The molecule has 1 spiro atoms. The molecule has 5 nitrogen and oxygen atoms in total. The van der Waals surface area contributed by atoms with Crippen LogP contribution in [-0.4, -0.2) is 28.4 Å². The zero-order chi connectivity index (χ0) is 30.4. The molecular weight excluding hydrogens is 551 g/mol. The van der Waals surface area contributed by atoms with Crippen LogP contribution in [0.3, 0.4) is 0 Å². The third kappa shape index (κ3) is 4.23. The molecule has 44 heavy (non-hydrogen) atoms. The smallest absolute Gasteiger partial charge is 0.238 e. The highest BCUT2D eigenvalue weighted by molar-refractivity contribution is 6.16. The van der Waals surface area contributed by atoms with Crippen LogP contribution in [0.5, 0.6) is 0 Å². The first kappa shape index (κ1) is 28.0. The minimum Gasteiger partial charge on any atom is -0.358 e. The summed E-state index contributed by atoms with van der Waals surface area (Å²) in [5.74, 6) is -2.41. The van der Waals surface area contributed by atoms with E-state index in [1.807, 2.05) is 90.0 Å². The molecule has 4 aromatic carbocycles. The van der Waals surface area contributed by atoms with E-state index >= 15 is 0 Å². The van der Waals surface area contributed by atoms with Crippen LogP contribution in [0, 0.1) is 11.7 Å². The molecule has 0 bridgehead atoms. The number of amides is 1. The maximum atomic E-state index is 14.9. The molecular formula is C38H33FN2O3. The monoisotopic (exact) mass is 584 g/mol. The van der Waals surface area contributed by atoms with Crippen molar-refractivity contribution in [2.75, 3.05) is 5.32 Å². The van der Waals surface area contributed by atoms with Crippen molar-refractivity contribution in [3.8, 4) is 0 Å². The number of hydrogen-bond acceptors (Lipinski definition) is 4. The van der Waals surface area contributed by atoms with Crippen LogP contribution in [0.25, 0.3) is 6.08 Å². The van der Waals surface area contributed by atoms with Crippen LogP contribution < -0.4 is 5.32 Å². The number of carbonyl (C=O) groups excluding carboxylic acids is 3. The number of nitrogens with one attached hydrogen (secondary N) is 1. The number of rotatable bonds is 8. The first-order valence-corrected chi connectivity index (χ1v) is 15.3. The van der Waals surface area contributed by atoms with E-state index in [0.717, 1.165) is 42.4 Å². The van der Waals surface area contributed by atoms with Gasteiger partial charge in [-0.2, -0.15) is 0 Å². The molecule has 3 aliphatic heterocycles. The normalized spacial score (nSPS) is 22.8. The Balaban J connectivity index is 1.44. The fourth-order valence-corrected chi connectivity index (χ4v) is 7.55. The van der Waals surface area contributed by atoms with Crippen molar-refractivity contribution in [3.05, 3.63) is 142 Å². The van der Waals surface area contributed by atoms with Gasteiger partial charge in [-0.25, -0.2) is 4.39 Å². The number of hydrogen-bond donors (Lipinski definition) is 1. The van der Waals surface area contributed by atoms with Gasteiger partial charge in [0.15, 0.2) is 11.6 Å². The highest BCUT2D eigenvalue weighted by Gasteiger charge is 2.70. The summed E-state index contributed by atoms with van der Waals surface area (Å²) in [5.41, 5.74) is 3.65. The number of ketones is 2. The lowest BCUT2D eigenvalue weighted by Crippen LogP contribution is -2.49. The third-order valence-corrected chi connectivity index (χ3v) is 9.56. The molecule has 0 unspecified atom stereocenters. The highest BCUT2D eigenvalue weighted by atomic mass is 19.1. The van der Waals surface area contributed by atoms with Gasteiger partial charge < -0.3 is 10.2 Å². The van der Waals surface area contributed by atoms with Gasteiger partial charge in [0.25, 0.3) is 0 Å². The Morgan fingerprint density at radius 3 is 2.30 bits per heavy atom. The van der Waals surface area contributed by atoms with E-state index in [1.54, 1.807) is 0 Å². The summed E-state index contributed by atoms with van der Waals surface area (Å²) in [6.07, 6.45) is 8.04. The number of benzene rings is 4. The van der Waals surface area contributed by atoms with Gasteiger partial charge in [-0.3, -0.25) is 14.4 Å². The number of nitrogens with zero attached hydrogens (tertiary/aromatic N) is 1. The van der Waals surface area contributed by atoms with Gasteiger partial charge in [0, 0.05) is 23.0 Å². The second-order valence-corrected chi connectivity index (χ2v) is 12.0. The number of fused-ring (bicyclic) bond motifs is 6. The van der Waals surface area contributed by atoms with Crippen molar-refractivity contribution in [2.45, 2.75) is 50.1 Å². The third-order valence-electron chi connectivity index (χ3n) is 9.56. The minimum atomic E-state index is -1.39. The Labute approximate surface area is 256 Å². The van der Waals surface area contributed by atoms with Crippen molar-refractivity contribution in [1.29, 1.82) is 0 Å². The molecule has 1 fully saturated rings. The Morgan fingerprint density at radius 1 is 0.841 bits per heavy atom. The summed E-state index contributed by atoms with van der Waals surface area (Å²) < 4.78 is 13.9. The first-order chi connectivity index (χ1) is 21.4. The molecule has 3 heterocycles. The van der Waals surface area contributed by atoms with Gasteiger partial charge in [-0.05, 0) is 71.5 Å². The van der Waals surface area contributed by atoms with Crippen molar-refractivity contribution >= 4 is 29.2 Å². The standard InChI is InChI=1S/C38H33FN2O3/c1-2-3-4-9-24-14-16-26(17-15-24)34(42)32-33(35(43)27-18-20-28(39)21-19-27)41-23-22-25-10-5-6-11-29(25)36(41)38(32)30-12-7-8-13-31(30)40-37(38)44/h5-8,10-23,32-33,36H,2-4,9H2,1H3,(H,40,44)/t32-,33-,36-,38-/m1/s1. The molecule has 3 aliphatic rings. The molecule has 0 aliphatic carbocycles. The number of carbonyl (C=O) groups is 3. The van der Waals surface area contributed by atoms with Crippen LogP contribution in [0.4, 0.5) is 10.1 Å². The van der Waals surface area contributed by atoms with E-state index in [4.69, 9.17) is 0 Å². The van der Waals surface area contributed by atoms with E-state index in [1.165, 1.54) is 24.3 Å². The van der Waals surface area contributed by atoms with Gasteiger partial charge in [0.1, 0.15) is 17.3 Å². The van der Waals surface area contributed by atoms with Crippen LogP contribution in [-0.2, 0) is 16.6 Å². The van der Waals surface area contributed by atoms with Gasteiger partial charge in [0.05, 0.1) is 12.0 Å². The van der Waals surface area contributed by atoms with Gasteiger partial charge in [0.2, 0.25) is 5.91 Å². The molecule has 0 aromatic heterocycles. The van der Waals surface area contributed by atoms with E-state index in [9.17, 15) is 18.8 Å². The second kappa shape index (κ2) is 11.0. The summed E-state index contributed by atoms with van der Waals surface area (Å²) in [5, 5.41) is 3.07. The quantitative estimate of drug-likeness (QED) is 0.172. The zero-order valence-corrected chi connectivity index (χ0v) is 24.5. The molecule has 1 saturated heterocycles. The fourth-order valence-electron chi connectivity index (χ4n) is 7.55. The number of Topliss-reactive ketones (excluding diaryl/α,β-unsaturated/α-hetero) is 2. The zero-order valence-electron chi connectivity index (χ0n) is 24.5. The van der Waals surface area contributed by atoms with E-state index in [-0.39, 0.29) is 23.0 Å². The molecule has 0 saturated carbocycles. The lowest BCUT2D eigenvalue weighted by Gasteiger charge is -2.38. The number of halogens is 1. The van der Waals surface area contributed by atoms with Crippen LogP contribution in [0.15, 0.2) is 103 Å². The van der Waals surface area contributed by atoms with Crippen LogP contribution in [0.1, 0.15) is 75.2 Å². The lowest BCUT2D eigenvalue weighted by atomic mass is 9.62. The lowest BCUT2D eigenvalue weighted by molar-refractivity contribution is -0.122. The molecule has 7 rings (SSSR count). The summed E-state index contributed by atoms with van der Waals surface area (Å²) in [4.78, 5) is 45.9. The highest BCUT2D eigenvalue weighted by Crippen LogP contribution is 2.62. The summed E-state index contributed by atoms with van der Waals surface area (Å²) in [7, 11) is 0. The average Bonchev–Trinajstić information content (AvgIpc) is 3.53. The van der Waals surface area contributed by atoms with Gasteiger partial charge in [-0.15, -0.1) is 0 Å². The molecule has 1 N–H and O–H groups in total. The predicted octanol–water partition coefficient (Wildman–Crippen LogP) is 7.54. The number of para-hydroxylation sites is 1. The maximum absolute atomic E-state index is 14.9. The van der Waals surface area contributed by atoms with E-state index in [2.05, 4.69) is 12.2 Å². The summed E-state index contributed by atoms with van der Waals surface area (Å²) in [6.45, 7) is 2.17. The van der Waals surface area contributed by atoms with Crippen LogP contribution >= 0.6 is 0 Å². The van der Waals surface area contributed by atoms with Gasteiger partial charge in [-0.1, -0.05) is 86.5 Å². The molecule has 6 heteroatoms. The first-order valence-electron chi connectivity index (χ1n) is 15.3. The van der Waals surface area contributed by atoms with Gasteiger partial charge >= 0.3 is 0 Å². The Morgan fingerprint density at radius 2 is 1.52 bits per heavy atom. The number of unbranched alkanes of at least 4 members (excludes halogenated alkanes) is 2. The van der Waals surface area contributed by atoms with Crippen molar-refractivity contribution < 1.29 is 18.8 Å². The minimum absolute atomic E-state index is 0.266. The largest absolute Gasteiger partial charge is 0.358 e. The summed E-state index contributed by atoms with van der Waals surface area (Å²) in [6, 6.07) is 26.7. The van der Waals surface area contributed by atoms with E-state index in [0.29, 0.717) is 16.8 Å². The van der Waals surface area contributed by atoms with Crippen molar-refractivity contribution in [3.63, 3.8) is 0 Å². The molecule has 0 radical (unpaired) electrons. The van der Waals surface area contributed by atoms with Crippen LogP contribution in [0.2, 0.25) is 0 Å². The average molecular weight is 585 g/mol. The summed E-state index contributed by atoms with van der Waals surface area (Å²) >= 11 is 0. The predicted molar refractivity (Wildman–Crippen MR) is 169 cm³/mol. The molecule has 1 amide bonds. The molecule has 4 aromatic rings. The number of aryl methyl sites for hydroxylation is 1. The topological polar surface area (TPSA) is 66.5 Å². The second-order valence-electron chi connectivity index (χ2n) is 12.0. The Kier molecular flexibility index (Phi) is 7.00. The number of anilines is 1. The van der Waals surface area contributed by atoms with Crippen molar-refractivity contribution in [2.24, 2.45) is 5.92 Å². The molecule has 4 atom stereocenters. The maximum Gasteiger partial charge on any atom is 0.238 e. The SMILES string of the molecule is CCCCCc1ccc(C(=O)[C@H]2[C@H](C(=O)c3ccc(F)cc3)N3C=Cc4ccccc4[C@@H]3[C@]23C(=O)Nc2ccccc23)cc1. The Bertz CT molecular complexity index is 1800. The van der Waals surface area contributed by atoms with Crippen molar-refractivity contribution in [1.82, 2.24) is 4.90 Å². The van der Waals surface area contributed by atoms with E-state index < -0.39 is 29.2 Å². The Hall–Kier alpha value is -4.84.